The van der Waals surface area contributed by atoms with Gasteiger partial charge in [-0.3, -0.25) is 0 Å². The van der Waals surface area contributed by atoms with Gasteiger partial charge in [0, 0.05) is 0 Å². The number of unbranched alkanes of at least 4 members (excludes halogenated alkanes) is 2. The van der Waals surface area contributed by atoms with Crippen molar-refractivity contribution in [1.29, 1.82) is 0 Å². The average molecular weight is 485 g/mol. The second kappa shape index (κ2) is 13.9. The summed E-state index contributed by atoms with van der Waals surface area (Å²) in [6.07, 6.45) is 29.9. The standard InChI is InChI=1S/C33H50F2/c1-2-3-4-5-25-14-19-30(20-15-25)31-21-16-28(17-22-31)11-10-26-6-8-27(9-7-26)12-13-29-18-23-32(34)33(35)24-29/h10-11,18,23-28,30-31H,2-9,12-17,19-22H2,1H3. The van der Waals surface area contributed by atoms with Crippen molar-refractivity contribution in [2.24, 2.45) is 35.5 Å². The molecule has 0 spiro atoms. The maximum Gasteiger partial charge on any atom is 0.159 e. The van der Waals surface area contributed by atoms with E-state index in [-0.39, 0.29) is 0 Å². The predicted octanol–water partition coefficient (Wildman–Crippen LogP) is 10.5. The third-order valence-corrected chi connectivity index (χ3v) is 9.96. The molecule has 0 bridgehead atoms. The van der Waals surface area contributed by atoms with Crippen LogP contribution in [-0.4, -0.2) is 0 Å². The number of aryl methyl sites for hydroxylation is 1. The summed E-state index contributed by atoms with van der Waals surface area (Å²) in [5, 5.41) is 0. The minimum absolute atomic E-state index is 0.712. The fourth-order valence-corrected chi connectivity index (χ4v) is 7.49. The van der Waals surface area contributed by atoms with Crippen molar-refractivity contribution in [3.05, 3.63) is 47.5 Å². The van der Waals surface area contributed by atoms with E-state index < -0.39 is 11.6 Å². The summed E-state index contributed by atoms with van der Waals surface area (Å²) in [5.74, 6) is 3.96. The summed E-state index contributed by atoms with van der Waals surface area (Å²) in [4.78, 5) is 0. The SMILES string of the molecule is CCCCCC1CCC(C2CCC(C=CC3CCC(CCc4ccc(F)c(F)c4)CC3)CC2)CC1. The quantitative estimate of drug-likeness (QED) is 0.229. The van der Waals surface area contributed by atoms with Gasteiger partial charge in [-0.1, -0.05) is 63.7 Å². The molecule has 3 aliphatic carbocycles. The lowest BCUT2D eigenvalue weighted by Crippen LogP contribution is -2.25. The average Bonchev–Trinajstić information content (AvgIpc) is 2.90. The number of benzene rings is 1. The van der Waals surface area contributed by atoms with E-state index in [0.29, 0.717) is 0 Å². The van der Waals surface area contributed by atoms with Crippen LogP contribution in [0, 0.1) is 47.1 Å². The molecule has 0 nitrogen and oxygen atoms in total. The monoisotopic (exact) mass is 484 g/mol. The Kier molecular flexibility index (Phi) is 10.7. The normalized spacial score (nSPS) is 32.2. The van der Waals surface area contributed by atoms with Crippen molar-refractivity contribution in [3.8, 4) is 0 Å². The van der Waals surface area contributed by atoms with Gasteiger partial charge in [0.15, 0.2) is 11.6 Å². The molecule has 0 aromatic heterocycles. The van der Waals surface area contributed by atoms with Crippen molar-refractivity contribution in [1.82, 2.24) is 0 Å². The zero-order chi connectivity index (χ0) is 24.5. The highest BCUT2D eigenvalue weighted by Gasteiger charge is 2.30. The highest BCUT2D eigenvalue weighted by Crippen LogP contribution is 2.43. The van der Waals surface area contributed by atoms with Crippen molar-refractivity contribution in [2.75, 3.05) is 0 Å². The fraction of sp³-hybridized carbons (Fsp3) is 0.758. The van der Waals surface area contributed by atoms with E-state index >= 15 is 0 Å². The first-order chi connectivity index (χ1) is 17.1. The van der Waals surface area contributed by atoms with Gasteiger partial charge in [0.25, 0.3) is 0 Å². The van der Waals surface area contributed by atoms with Crippen LogP contribution >= 0.6 is 0 Å². The number of hydrogen-bond acceptors (Lipinski definition) is 0. The van der Waals surface area contributed by atoms with E-state index in [4.69, 9.17) is 0 Å². The second-order valence-corrected chi connectivity index (χ2v) is 12.4. The Morgan fingerprint density at radius 3 is 1.80 bits per heavy atom. The van der Waals surface area contributed by atoms with Gasteiger partial charge in [-0.25, -0.2) is 8.78 Å². The first-order valence-corrected chi connectivity index (χ1v) is 15.2. The minimum Gasteiger partial charge on any atom is -0.204 e. The van der Waals surface area contributed by atoms with Crippen LogP contribution in [0.4, 0.5) is 8.78 Å². The van der Waals surface area contributed by atoms with Gasteiger partial charge in [-0.15, -0.1) is 0 Å². The van der Waals surface area contributed by atoms with Crippen LogP contribution in [0.1, 0.15) is 122 Å². The van der Waals surface area contributed by atoms with Crippen molar-refractivity contribution >= 4 is 0 Å². The minimum atomic E-state index is -0.741. The first-order valence-electron chi connectivity index (χ1n) is 15.2. The molecular weight excluding hydrogens is 434 g/mol. The predicted molar refractivity (Wildman–Crippen MR) is 144 cm³/mol. The van der Waals surface area contributed by atoms with E-state index in [1.165, 1.54) is 115 Å². The Bertz CT molecular complexity index is 759. The molecule has 0 saturated heterocycles. The molecule has 0 radical (unpaired) electrons. The van der Waals surface area contributed by atoms with E-state index in [1.807, 2.05) is 0 Å². The number of allylic oxidation sites excluding steroid dienone is 2. The fourth-order valence-electron chi connectivity index (χ4n) is 7.49. The van der Waals surface area contributed by atoms with Crippen molar-refractivity contribution < 1.29 is 8.78 Å². The van der Waals surface area contributed by atoms with Crippen LogP contribution in [0.2, 0.25) is 0 Å². The molecule has 196 valence electrons. The Morgan fingerprint density at radius 2 is 1.20 bits per heavy atom. The smallest absolute Gasteiger partial charge is 0.159 e. The van der Waals surface area contributed by atoms with E-state index in [2.05, 4.69) is 19.1 Å². The third-order valence-electron chi connectivity index (χ3n) is 9.96. The van der Waals surface area contributed by atoms with Crippen LogP contribution in [0.3, 0.4) is 0 Å². The number of hydrogen-bond donors (Lipinski definition) is 0. The van der Waals surface area contributed by atoms with Crippen LogP contribution < -0.4 is 0 Å². The maximum absolute atomic E-state index is 13.4. The van der Waals surface area contributed by atoms with Gasteiger partial charge in [-0.05, 0) is 130 Å². The van der Waals surface area contributed by atoms with E-state index in [0.717, 1.165) is 53.9 Å². The molecule has 35 heavy (non-hydrogen) atoms. The summed E-state index contributed by atoms with van der Waals surface area (Å²) in [6.45, 7) is 2.32. The lowest BCUT2D eigenvalue weighted by Gasteiger charge is -2.37. The van der Waals surface area contributed by atoms with Crippen LogP contribution in [0.15, 0.2) is 30.4 Å². The zero-order valence-corrected chi connectivity index (χ0v) is 22.3. The molecule has 3 aliphatic rings. The van der Waals surface area contributed by atoms with Gasteiger partial charge >= 0.3 is 0 Å². The van der Waals surface area contributed by atoms with E-state index in [1.54, 1.807) is 6.07 Å². The molecular formula is C33H50F2. The summed E-state index contributed by atoms with van der Waals surface area (Å²) in [7, 11) is 0. The van der Waals surface area contributed by atoms with Crippen LogP contribution in [-0.2, 0) is 6.42 Å². The summed E-state index contributed by atoms with van der Waals surface area (Å²) in [6, 6.07) is 4.37. The van der Waals surface area contributed by atoms with Gasteiger partial charge < -0.3 is 0 Å². The Morgan fingerprint density at radius 1 is 0.657 bits per heavy atom. The molecule has 0 N–H and O–H groups in total. The summed E-state index contributed by atoms with van der Waals surface area (Å²) in [5.41, 5.74) is 0.932. The number of halogens is 2. The zero-order valence-electron chi connectivity index (χ0n) is 22.3. The molecule has 4 rings (SSSR count). The first kappa shape index (κ1) is 26.9. The highest BCUT2D eigenvalue weighted by atomic mass is 19.2. The lowest BCUT2D eigenvalue weighted by molar-refractivity contribution is 0.151. The Hall–Kier alpha value is -1.18. The van der Waals surface area contributed by atoms with Crippen LogP contribution in [0.5, 0.6) is 0 Å². The van der Waals surface area contributed by atoms with Crippen molar-refractivity contribution in [3.63, 3.8) is 0 Å². The largest absolute Gasteiger partial charge is 0.204 e. The Labute approximate surface area is 214 Å². The molecule has 1 aromatic rings. The molecule has 0 unspecified atom stereocenters. The topological polar surface area (TPSA) is 0 Å². The molecule has 0 atom stereocenters. The molecule has 0 amide bonds. The third kappa shape index (κ3) is 8.43. The molecule has 0 aliphatic heterocycles. The highest BCUT2D eigenvalue weighted by molar-refractivity contribution is 5.18. The molecule has 2 heteroatoms. The van der Waals surface area contributed by atoms with Gasteiger partial charge in [0.05, 0.1) is 0 Å². The Balaban J connectivity index is 1.09. The second-order valence-electron chi connectivity index (χ2n) is 12.4. The summed E-state index contributed by atoms with van der Waals surface area (Å²) >= 11 is 0. The molecule has 0 heterocycles. The molecule has 3 saturated carbocycles. The van der Waals surface area contributed by atoms with Gasteiger partial charge in [0.2, 0.25) is 0 Å². The van der Waals surface area contributed by atoms with Gasteiger partial charge in [0.1, 0.15) is 0 Å². The summed E-state index contributed by atoms with van der Waals surface area (Å²) < 4.78 is 26.6. The molecule has 1 aromatic carbocycles. The molecule has 3 fully saturated rings. The van der Waals surface area contributed by atoms with Gasteiger partial charge in [-0.2, -0.15) is 0 Å². The number of rotatable bonds is 10. The van der Waals surface area contributed by atoms with E-state index in [9.17, 15) is 8.78 Å². The van der Waals surface area contributed by atoms with Crippen LogP contribution in [0.25, 0.3) is 0 Å². The van der Waals surface area contributed by atoms with Crippen molar-refractivity contribution in [2.45, 2.75) is 122 Å². The maximum atomic E-state index is 13.4. The lowest BCUT2D eigenvalue weighted by atomic mass is 9.68.